The average Bonchev–Trinajstić information content (AvgIpc) is 2.43. The largest absolute Gasteiger partial charge is 0.439 e. The Morgan fingerprint density at radius 2 is 1.95 bits per heavy atom. The Morgan fingerprint density at radius 1 is 1.21 bits per heavy atom. The molecule has 2 N–H and O–H groups in total. The van der Waals surface area contributed by atoms with Gasteiger partial charge in [-0.05, 0) is 30.2 Å². The van der Waals surface area contributed by atoms with Crippen molar-refractivity contribution in [2.45, 2.75) is 19.8 Å². The Kier molecular flexibility index (Phi) is 3.99. The Balaban J connectivity index is 2.15. The highest BCUT2D eigenvalue weighted by molar-refractivity contribution is 5.51. The third-order valence-corrected chi connectivity index (χ3v) is 2.69. The van der Waals surface area contributed by atoms with Crippen LogP contribution in [-0.2, 0) is 6.42 Å². The molecule has 4 heteroatoms. The molecule has 0 aliphatic carbocycles. The molecule has 0 spiro atoms. The molecule has 0 aliphatic heterocycles. The molecule has 4 nitrogen and oxygen atoms in total. The Bertz CT molecular complexity index is 600. The molecule has 1 heterocycles. The first-order chi connectivity index (χ1) is 9.22. The molecule has 0 unspecified atom stereocenters. The standard InChI is InChI=1S/C15H15N3O/c1-2-3-11-4-6-12(7-5-11)19-15-9-8-13(17)14(10-16)18-15/h4-9H,2-3,17H2,1H3. The first-order valence-corrected chi connectivity index (χ1v) is 6.16. The van der Waals surface area contributed by atoms with Crippen LogP contribution in [0, 0.1) is 11.3 Å². The van der Waals surface area contributed by atoms with Crippen LogP contribution >= 0.6 is 0 Å². The molecular weight excluding hydrogens is 238 g/mol. The summed E-state index contributed by atoms with van der Waals surface area (Å²) in [6.07, 6.45) is 2.17. The van der Waals surface area contributed by atoms with Crippen LogP contribution in [-0.4, -0.2) is 4.98 Å². The smallest absolute Gasteiger partial charge is 0.220 e. The molecule has 1 aromatic heterocycles. The molecule has 2 rings (SSSR count). The summed E-state index contributed by atoms with van der Waals surface area (Å²) < 4.78 is 5.59. The van der Waals surface area contributed by atoms with E-state index in [1.54, 1.807) is 12.1 Å². The number of aryl methyl sites for hydroxylation is 1. The van der Waals surface area contributed by atoms with Gasteiger partial charge >= 0.3 is 0 Å². The normalized spacial score (nSPS) is 9.89. The number of benzene rings is 1. The summed E-state index contributed by atoms with van der Waals surface area (Å²) in [7, 11) is 0. The number of hydrogen-bond acceptors (Lipinski definition) is 4. The molecule has 0 fully saturated rings. The first kappa shape index (κ1) is 12.9. The van der Waals surface area contributed by atoms with Crippen molar-refractivity contribution < 1.29 is 4.74 Å². The van der Waals surface area contributed by atoms with Crippen LogP contribution in [0.4, 0.5) is 5.69 Å². The van der Waals surface area contributed by atoms with Gasteiger partial charge in [-0.15, -0.1) is 0 Å². The van der Waals surface area contributed by atoms with Crippen molar-refractivity contribution in [3.63, 3.8) is 0 Å². The van der Waals surface area contributed by atoms with Gasteiger partial charge in [0.1, 0.15) is 11.8 Å². The molecule has 0 saturated carbocycles. The second-order valence-electron chi connectivity index (χ2n) is 4.20. The Labute approximate surface area is 112 Å². The van der Waals surface area contributed by atoms with Gasteiger partial charge in [-0.1, -0.05) is 25.5 Å². The molecule has 0 aliphatic rings. The zero-order valence-corrected chi connectivity index (χ0v) is 10.8. The molecule has 0 radical (unpaired) electrons. The number of pyridine rings is 1. The van der Waals surface area contributed by atoms with Crippen LogP contribution in [0.5, 0.6) is 11.6 Å². The van der Waals surface area contributed by atoms with Gasteiger partial charge in [0, 0.05) is 6.07 Å². The van der Waals surface area contributed by atoms with Crippen molar-refractivity contribution in [1.82, 2.24) is 4.98 Å². The fourth-order valence-corrected chi connectivity index (χ4v) is 1.73. The van der Waals surface area contributed by atoms with Gasteiger partial charge in [-0.25, -0.2) is 4.98 Å². The highest BCUT2D eigenvalue weighted by Gasteiger charge is 2.04. The zero-order valence-electron chi connectivity index (χ0n) is 10.8. The summed E-state index contributed by atoms with van der Waals surface area (Å²) in [4.78, 5) is 4.04. The topological polar surface area (TPSA) is 71.9 Å². The van der Waals surface area contributed by atoms with Crippen LogP contribution < -0.4 is 10.5 Å². The van der Waals surface area contributed by atoms with Crippen molar-refractivity contribution in [3.05, 3.63) is 47.7 Å². The maximum atomic E-state index is 8.86. The predicted molar refractivity (Wildman–Crippen MR) is 73.9 cm³/mol. The third-order valence-electron chi connectivity index (χ3n) is 2.69. The number of rotatable bonds is 4. The number of nitriles is 1. The van der Waals surface area contributed by atoms with E-state index in [1.807, 2.05) is 30.3 Å². The molecule has 19 heavy (non-hydrogen) atoms. The van der Waals surface area contributed by atoms with E-state index in [-0.39, 0.29) is 5.69 Å². The van der Waals surface area contributed by atoms with Gasteiger partial charge in [-0.2, -0.15) is 5.26 Å². The second kappa shape index (κ2) is 5.87. The summed E-state index contributed by atoms with van der Waals surface area (Å²) >= 11 is 0. The van der Waals surface area contributed by atoms with Crippen molar-refractivity contribution >= 4 is 5.69 Å². The molecule has 1 aromatic carbocycles. The third kappa shape index (κ3) is 3.23. The van der Waals surface area contributed by atoms with Gasteiger partial charge in [0.15, 0.2) is 5.69 Å². The molecular formula is C15H15N3O. The van der Waals surface area contributed by atoms with Gasteiger partial charge in [0.25, 0.3) is 0 Å². The summed E-state index contributed by atoms with van der Waals surface area (Å²) in [6, 6.07) is 13.1. The van der Waals surface area contributed by atoms with Gasteiger partial charge in [-0.3, -0.25) is 0 Å². The van der Waals surface area contributed by atoms with Crippen LogP contribution in [0.15, 0.2) is 36.4 Å². The monoisotopic (exact) mass is 253 g/mol. The maximum absolute atomic E-state index is 8.86. The van der Waals surface area contributed by atoms with Crippen LogP contribution in [0.1, 0.15) is 24.6 Å². The minimum absolute atomic E-state index is 0.181. The van der Waals surface area contributed by atoms with Crippen LogP contribution in [0.25, 0.3) is 0 Å². The summed E-state index contributed by atoms with van der Waals surface area (Å²) in [5, 5.41) is 8.86. The summed E-state index contributed by atoms with van der Waals surface area (Å²) in [6.45, 7) is 2.14. The Morgan fingerprint density at radius 3 is 2.58 bits per heavy atom. The molecule has 0 atom stereocenters. The number of nitrogens with two attached hydrogens (primary N) is 1. The molecule has 0 saturated heterocycles. The van der Waals surface area contributed by atoms with E-state index >= 15 is 0 Å². The lowest BCUT2D eigenvalue weighted by atomic mass is 10.1. The van der Waals surface area contributed by atoms with Crippen molar-refractivity contribution in [1.29, 1.82) is 5.26 Å². The van der Waals surface area contributed by atoms with E-state index in [1.165, 1.54) is 5.56 Å². The van der Waals surface area contributed by atoms with Crippen molar-refractivity contribution in [2.24, 2.45) is 0 Å². The van der Waals surface area contributed by atoms with E-state index in [9.17, 15) is 0 Å². The van der Waals surface area contributed by atoms with Crippen LogP contribution in [0.2, 0.25) is 0 Å². The lowest BCUT2D eigenvalue weighted by molar-refractivity contribution is 0.462. The number of ether oxygens (including phenoxy) is 1. The molecule has 2 aromatic rings. The molecule has 96 valence electrons. The average molecular weight is 253 g/mol. The summed E-state index contributed by atoms with van der Waals surface area (Å²) in [5.41, 5.74) is 7.42. The molecule has 0 bridgehead atoms. The number of nitrogen functional groups attached to an aromatic ring is 1. The minimum Gasteiger partial charge on any atom is -0.439 e. The maximum Gasteiger partial charge on any atom is 0.220 e. The number of hydrogen-bond donors (Lipinski definition) is 1. The summed E-state index contributed by atoms with van der Waals surface area (Å²) in [5.74, 6) is 1.06. The van der Waals surface area contributed by atoms with Crippen molar-refractivity contribution in [3.8, 4) is 17.7 Å². The van der Waals surface area contributed by atoms with Gasteiger partial charge in [0.2, 0.25) is 5.88 Å². The van der Waals surface area contributed by atoms with E-state index in [0.29, 0.717) is 17.3 Å². The highest BCUT2D eigenvalue weighted by Crippen LogP contribution is 2.22. The molecule has 0 amide bonds. The Hall–Kier alpha value is -2.54. The predicted octanol–water partition coefficient (Wildman–Crippen LogP) is 3.28. The minimum atomic E-state index is 0.181. The zero-order chi connectivity index (χ0) is 13.7. The second-order valence-corrected chi connectivity index (χ2v) is 4.20. The lowest BCUT2D eigenvalue weighted by Gasteiger charge is -2.06. The van der Waals surface area contributed by atoms with E-state index < -0.39 is 0 Å². The van der Waals surface area contributed by atoms with E-state index in [0.717, 1.165) is 12.8 Å². The first-order valence-electron chi connectivity index (χ1n) is 6.16. The highest BCUT2D eigenvalue weighted by atomic mass is 16.5. The quantitative estimate of drug-likeness (QED) is 0.907. The fourth-order valence-electron chi connectivity index (χ4n) is 1.73. The van der Waals surface area contributed by atoms with Gasteiger partial charge in [0.05, 0.1) is 5.69 Å². The SMILES string of the molecule is CCCc1ccc(Oc2ccc(N)c(C#N)n2)cc1. The fraction of sp³-hybridized carbons (Fsp3) is 0.200. The number of nitrogens with zero attached hydrogens (tertiary/aromatic N) is 2. The number of aromatic nitrogens is 1. The van der Waals surface area contributed by atoms with E-state index in [4.69, 9.17) is 15.7 Å². The van der Waals surface area contributed by atoms with E-state index in [2.05, 4.69) is 11.9 Å². The lowest BCUT2D eigenvalue weighted by Crippen LogP contribution is -1.96. The van der Waals surface area contributed by atoms with Gasteiger partial charge < -0.3 is 10.5 Å². The van der Waals surface area contributed by atoms with Crippen LogP contribution in [0.3, 0.4) is 0 Å². The van der Waals surface area contributed by atoms with Crippen molar-refractivity contribution in [2.75, 3.05) is 5.73 Å². The number of anilines is 1.